The average molecular weight is 509 g/mol. The first-order valence-electron chi connectivity index (χ1n) is 12.1. The van der Waals surface area contributed by atoms with E-state index in [1.54, 1.807) is 23.4 Å². The molecule has 3 aromatic rings. The van der Waals surface area contributed by atoms with Crippen molar-refractivity contribution in [3.63, 3.8) is 0 Å². The van der Waals surface area contributed by atoms with Crippen LogP contribution in [-0.2, 0) is 16.1 Å². The fourth-order valence-electron chi connectivity index (χ4n) is 4.03. The molecule has 0 amide bonds. The Bertz CT molecular complexity index is 1250. The molecular formula is C27H32N4O4S. The molecule has 1 N–H and O–H groups in total. The maximum absolute atomic E-state index is 13.1. The maximum Gasteiger partial charge on any atom is 0.338 e. The molecule has 0 aliphatic carbocycles. The average Bonchev–Trinajstić information content (AvgIpc) is 3.25. The minimum Gasteiger partial charge on any atom is -0.490 e. The summed E-state index contributed by atoms with van der Waals surface area (Å²) in [6, 6.07) is 13.4. The molecule has 4 rings (SSSR count). The Hall–Kier alpha value is -3.46. The smallest absolute Gasteiger partial charge is 0.338 e. The van der Waals surface area contributed by atoms with Gasteiger partial charge in [0.2, 0.25) is 11.1 Å². The molecule has 1 aliphatic heterocycles. The summed E-state index contributed by atoms with van der Waals surface area (Å²) in [5.41, 5.74) is 4.27. The highest BCUT2D eigenvalue weighted by Crippen LogP contribution is 2.40. The number of carbonyl (C=O) groups is 1. The lowest BCUT2D eigenvalue weighted by molar-refractivity contribution is -0.139. The minimum absolute atomic E-state index is 0.277. The molecule has 8 nitrogen and oxygen atoms in total. The van der Waals surface area contributed by atoms with Crippen molar-refractivity contribution in [3.05, 3.63) is 70.4 Å². The van der Waals surface area contributed by atoms with E-state index in [4.69, 9.17) is 19.3 Å². The van der Waals surface area contributed by atoms with Crippen molar-refractivity contribution >= 4 is 23.7 Å². The molecule has 1 unspecified atom stereocenters. The van der Waals surface area contributed by atoms with Crippen molar-refractivity contribution in [3.8, 4) is 11.5 Å². The lowest BCUT2D eigenvalue weighted by atomic mass is 9.95. The second-order valence-corrected chi connectivity index (χ2v) is 9.53. The summed E-state index contributed by atoms with van der Waals surface area (Å²) in [5, 5.41) is 8.56. The summed E-state index contributed by atoms with van der Waals surface area (Å²) in [6.07, 6.45) is 0. The number of benzene rings is 2. The third-order valence-corrected chi connectivity index (χ3v) is 6.42. The molecule has 0 radical (unpaired) electrons. The normalized spacial score (nSPS) is 14.8. The molecule has 190 valence electrons. The van der Waals surface area contributed by atoms with Crippen LogP contribution in [-0.4, -0.2) is 39.7 Å². The van der Waals surface area contributed by atoms with E-state index in [0.29, 0.717) is 47.1 Å². The van der Waals surface area contributed by atoms with E-state index in [9.17, 15) is 4.79 Å². The Kier molecular flexibility index (Phi) is 8.20. The summed E-state index contributed by atoms with van der Waals surface area (Å²) in [6.45, 7) is 10.9. The summed E-state index contributed by atoms with van der Waals surface area (Å²) >= 11 is 1.54. The first-order valence-corrected chi connectivity index (χ1v) is 13.1. The number of rotatable bonds is 10. The van der Waals surface area contributed by atoms with E-state index in [2.05, 4.69) is 41.5 Å². The van der Waals surface area contributed by atoms with Crippen LogP contribution >= 0.6 is 11.8 Å². The number of hydrogen-bond donors (Lipinski definition) is 1. The zero-order valence-corrected chi connectivity index (χ0v) is 22.1. The SMILES string of the molecule is CCOC(=O)C1=C(C)Nc2nc(SCC)nn2C1c1ccc(OCc2ccc(C)cc2)c(OCC)c1. The molecule has 36 heavy (non-hydrogen) atoms. The van der Waals surface area contributed by atoms with E-state index in [1.807, 2.05) is 39.0 Å². The van der Waals surface area contributed by atoms with Crippen LogP contribution in [0.2, 0.25) is 0 Å². The molecule has 9 heteroatoms. The van der Waals surface area contributed by atoms with Gasteiger partial charge in [0.25, 0.3) is 0 Å². The van der Waals surface area contributed by atoms with Crippen LogP contribution in [0.1, 0.15) is 50.4 Å². The number of anilines is 1. The molecule has 0 fully saturated rings. The topological polar surface area (TPSA) is 87.5 Å². The Morgan fingerprint density at radius 3 is 2.50 bits per heavy atom. The number of thioether (sulfide) groups is 1. The zero-order chi connectivity index (χ0) is 25.7. The zero-order valence-electron chi connectivity index (χ0n) is 21.3. The van der Waals surface area contributed by atoms with Crippen molar-refractivity contribution < 1.29 is 19.0 Å². The number of aryl methyl sites for hydroxylation is 1. The van der Waals surface area contributed by atoms with Gasteiger partial charge in [0.05, 0.1) is 18.8 Å². The van der Waals surface area contributed by atoms with E-state index in [-0.39, 0.29) is 6.61 Å². The molecule has 2 heterocycles. The molecule has 0 spiro atoms. The Labute approximate surface area is 216 Å². The van der Waals surface area contributed by atoms with Gasteiger partial charge in [0, 0.05) is 5.70 Å². The second kappa shape index (κ2) is 11.5. The minimum atomic E-state index is -0.524. The van der Waals surface area contributed by atoms with Crippen LogP contribution in [0.25, 0.3) is 0 Å². The molecule has 0 bridgehead atoms. The van der Waals surface area contributed by atoms with Crippen LogP contribution < -0.4 is 14.8 Å². The van der Waals surface area contributed by atoms with Crippen LogP contribution in [0.4, 0.5) is 5.95 Å². The molecule has 0 saturated heterocycles. The molecule has 0 saturated carbocycles. The van der Waals surface area contributed by atoms with Gasteiger partial charge in [0.15, 0.2) is 11.5 Å². The number of ether oxygens (including phenoxy) is 3. The van der Waals surface area contributed by atoms with Gasteiger partial charge in [-0.25, -0.2) is 9.48 Å². The number of nitrogens with zero attached hydrogens (tertiary/aromatic N) is 3. The van der Waals surface area contributed by atoms with Gasteiger partial charge >= 0.3 is 5.97 Å². The Morgan fingerprint density at radius 1 is 1.03 bits per heavy atom. The van der Waals surface area contributed by atoms with E-state index in [1.165, 1.54) is 5.56 Å². The van der Waals surface area contributed by atoms with Gasteiger partial charge in [-0.1, -0.05) is 54.6 Å². The predicted molar refractivity (Wildman–Crippen MR) is 141 cm³/mol. The van der Waals surface area contributed by atoms with Crippen molar-refractivity contribution in [2.24, 2.45) is 0 Å². The van der Waals surface area contributed by atoms with Gasteiger partial charge in [0.1, 0.15) is 12.6 Å². The maximum atomic E-state index is 13.1. The Morgan fingerprint density at radius 2 is 1.81 bits per heavy atom. The van der Waals surface area contributed by atoms with Gasteiger partial charge < -0.3 is 19.5 Å². The van der Waals surface area contributed by atoms with Gasteiger partial charge in [-0.05, 0) is 56.7 Å². The summed E-state index contributed by atoms with van der Waals surface area (Å²) in [5.74, 6) is 2.27. The lowest BCUT2D eigenvalue weighted by Gasteiger charge is -2.28. The monoisotopic (exact) mass is 508 g/mol. The lowest BCUT2D eigenvalue weighted by Crippen LogP contribution is -2.29. The molecule has 2 aromatic carbocycles. The predicted octanol–water partition coefficient (Wildman–Crippen LogP) is 5.53. The van der Waals surface area contributed by atoms with Crippen molar-refractivity contribution in [2.45, 2.75) is 52.4 Å². The highest BCUT2D eigenvalue weighted by Gasteiger charge is 2.35. The molecule has 1 aromatic heterocycles. The van der Waals surface area contributed by atoms with E-state index in [0.717, 1.165) is 16.9 Å². The second-order valence-electron chi connectivity index (χ2n) is 8.30. The highest BCUT2D eigenvalue weighted by atomic mass is 32.2. The highest BCUT2D eigenvalue weighted by molar-refractivity contribution is 7.99. The summed E-state index contributed by atoms with van der Waals surface area (Å²) < 4.78 is 19.2. The molecule has 1 atom stereocenters. The number of fused-ring (bicyclic) bond motifs is 1. The largest absolute Gasteiger partial charge is 0.490 e. The van der Waals surface area contributed by atoms with E-state index >= 15 is 0 Å². The van der Waals surface area contributed by atoms with Crippen molar-refractivity contribution in [2.75, 3.05) is 24.3 Å². The first-order chi connectivity index (χ1) is 17.4. The third kappa shape index (κ3) is 5.51. The number of esters is 1. The fourth-order valence-corrected chi connectivity index (χ4v) is 4.59. The van der Waals surface area contributed by atoms with Crippen molar-refractivity contribution in [1.29, 1.82) is 0 Å². The number of carbonyl (C=O) groups excluding carboxylic acids is 1. The van der Waals surface area contributed by atoms with Crippen LogP contribution in [0.3, 0.4) is 0 Å². The standard InChI is InChI=1S/C27H32N4O4S/c1-6-33-22-15-20(13-14-21(22)35-16-19-11-9-17(4)10-12-19)24-23(25(32)34-7-2)18(5)28-26-29-27(36-8-3)30-31(24)26/h9-15,24H,6-8,16H2,1-5H3,(H,28,29,30). The quantitative estimate of drug-likeness (QED) is 0.283. The number of aromatic nitrogens is 3. The van der Waals surface area contributed by atoms with Gasteiger partial charge in [-0.15, -0.1) is 5.10 Å². The van der Waals surface area contributed by atoms with Crippen LogP contribution in [0, 0.1) is 6.92 Å². The summed E-state index contributed by atoms with van der Waals surface area (Å²) in [4.78, 5) is 17.7. The number of hydrogen-bond acceptors (Lipinski definition) is 8. The van der Waals surface area contributed by atoms with Crippen LogP contribution in [0.15, 0.2) is 58.9 Å². The summed E-state index contributed by atoms with van der Waals surface area (Å²) in [7, 11) is 0. The van der Waals surface area contributed by atoms with E-state index < -0.39 is 12.0 Å². The van der Waals surface area contributed by atoms with Crippen molar-refractivity contribution in [1.82, 2.24) is 14.8 Å². The molecular weight excluding hydrogens is 476 g/mol. The first kappa shape index (κ1) is 25.6. The molecule has 1 aliphatic rings. The van der Waals surface area contributed by atoms with Gasteiger partial charge in [-0.3, -0.25) is 0 Å². The number of allylic oxidation sites excluding steroid dienone is 1. The third-order valence-electron chi connectivity index (χ3n) is 5.70. The van der Waals surface area contributed by atoms with Gasteiger partial charge in [-0.2, -0.15) is 4.98 Å². The van der Waals surface area contributed by atoms with Crippen LogP contribution in [0.5, 0.6) is 11.5 Å². The Balaban J connectivity index is 1.72. The fraction of sp³-hybridized carbons (Fsp3) is 0.370. The number of nitrogens with one attached hydrogen (secondary N) is 1.